The maximum absolute atomic E-state index is 12.8. The zero-order chi connectivity index (χ0) is 15.0. The van der Waals surface area contributed by atoms with E-state index in [2.05, 4.69) is 0 Å². The molecule has 0 saturated carbocycles. The summed E-state index contributed by atoms with van der Waals surface area (Å²) in [5, 5.41) is 0. The Morgan fingerprint density at radius 2 is 1.95 bits per heavy atom. The second kappa shape index (κ2) is 6.87. The van der Waals surface area contributed by atoms with E-state index >= 15 is 0 Å². The fourth-order valence-electron chi connectivity index (χ4n) is 2.50. The number of nitrogens with zero attached hydrogens (tertiary/aromatic N) is 1. The van der Waals surface area contributed by atoms with Gasteiger partial charge >= 0.3 is 0 Å². The summed E-state index contributed by atoms with van der Waals surface area (Å²) in [5.74, 6) is 0. The molecule has 0 radical (unpaired) electrons. The fraction of sp³-hybridized carbons (Fsp3) is 0.571. The Morgan fingerprint density at radius 1 is 1.33 bits per heavy atom. The standard InChI is InChI=1S/C14H22N2O2S2.ClH/c1-14(2)10-16(9-8-13(14)15)20(17,18)12-7-5-4-6-11(12)19-3;/h4-7,13H,8-10,15H2,1-3H3;1H. The fourth-order valence-corrected chi connectivity index (χ4v) is 5.25. The maximum atomic E-state index is 12.8. The van der Waals surface area contributed by atoms with Crippen LogP contribution >= 0.6 is 24.2 Å². The van der Waals surface area contributed by atoms with E-state index in [0.29, 0.717) is 24.4 Å². The number of benzene rings is 1. The molecule has 1 atom stereocenters. The van der Waals surface area contributed by atoms with Crippen molar-refractivity contribution in [1.82, 2.24) is 4.31 Å². The maximum Gasteiger partial charge on any atom is 0.244 e. The summed E-state index contributed by atoms with van der Waals surface area (Å²) in [5.41, 5.74) is 5.89. The predicted molar refractivity (Wildman–Crippen MR) is 90.6 cm³/mol. The number of nitrogens with two attached hydrogens (primary N) is 1. The second-order valence-corrected chi connectivity index (χ2v) is 8.63. The van der Waals surface area contributed by atoms with Gasteiger partial charge < -0.3 is 5.73 Å². The van der Waals surface area contributed by atoms with Crippen LogP contribution in [-0.2, 0) is 10.0 Å². The molecule has 0 spiro atoms. The number of hydrogen-bond acceptors (Lipinski definition) is 4. The van der Waals surface area contributed by atoms with Crippen LogP contribution in [0.15, 0.2) is 34.1 Å². The topological polar surface area (TPSA) is 63.4 Å². The number of halogens is 1. The van der Waals surface area contributed by atoms with Gasteiger partial charge in [0.25, 0.3) is 0 Å². The van der Waals surface area contributed by atoms with E-state index in [-0.39, 0.29) is 23.9 Å². The zero-order valence-electron chi connectivity index (χ0n) is 12.6. The molecule has 0 aliphatic carbocycles. The highest BCUT2D eigenvalue weighted by Gasteiger charge is 2.39. The van der Waals surface area contributed by atoms with Crippen molar-refractivity contribution in [1.29, 1.82) is 0 Å². The van der Waals surface area contributed by atoms with Crippen LogP contribution in [0.4, 0.5) is 0 Å². The summed E-state index contributed by atoms with van der Waals surface area (Å²) in [6.45, 7) is 5.02. The van der Waals surface area contributed by atoms with Crippen LogP contribution in [0.25, 0.3) is 0 Å². The van der Waals surface area contributed by atoms with Crippen LogP contribution in [0.1, 0.15) is 20.3 Å². The average Bonchev–Trinajstić information content (AvgIpc) is 2.41. The lowest BCUT2D eigenvalue weighted by molar-refractivity contribution is 0.155. The molecule has 0 aromatic heterocycles. The van der Waals surface area contributed by atoms with E-state index in [0.717, 1.165) is 4.90 Å². The first-order valence-corrected chi connectivity index (χ1v) is 9.34. The summed E-state index contributed by atoms with van der Waals surface area (Å²) in [4.78, 5) is 1.19. The Labute approximate surface area is 137 Å². The zero-order valence-corrected chi connectivity index (χ0v) is 15.0. The highest BCUT2D eigenvalue weighted by atomic mass is 35.5. The minimum absolute atomic E-state index is 0. The van der Waals surface area contributed by atoms with Crippen LogP contribution < -0.4 is 5.73 Å². The molecule has 1 aromatic rings. The molecule has 1 heterocycles. The van der Waals surface area contributed by atoms with Crippen LogP contribution in [0.5, 0.6) is 0 Å². The van der Waals surface area contributed by atoms with Gasteiger partial charge in [0, 0.05) is 24.0 Å². The van der Waals surface area contributed by atoms with Crippen LogP contribution in [0, 0.1) is 5.41 Å². The molecule has 1 aromatic carbocycles. The van der Waals surface area contributed by atoms with Crippen molar-refractivity contribution >= 4 is 34.2 Å². The largest absolute Gasteiger partial charge is 0.327 e. The Morgan fingerprint density at radius 3 is 2.52 bits per heavy atom. The van der Waals surface area contributed by atoms with Gasteiger partial charge in [-0.2, -0.15) is 4.31 Å². The third kappa shape index (κ3) is 3.74. The smallest absolute Gasteiger partial charge is 0.244 e. The predicted octanol–water partition coefficient (Wildman–Crippen LogP) is 2.58. The third-order valence-electron chi connectivity index (χ3n) is 3.96. The molecule has 1 aliphatic heterocycles. The number of hydrogen-bond donors (Lipinski definition) is 1. The Balaban J connectivity index is 0.00000220. The summed E-state index contributed by atoms with van der Waals surface area (Å²) in [6.07, 6.45) is 2.60. The highest BCUT2D eigenvalue weighted by molar-refractivity contribution is 7.99. The normalized spacial score (nSPS) is 22.6. The van der Waals surface area contributed by atoms with Gasteiger partial charge in [-0.05, 0) is 30.2 Å². The molecule has 1 fully saturated rings. The van der Waals surface area contributed by atoms with Gasteiger partial charge in [-0.1, -0.05) is 26.0 Å². The van der Waals surface area contributed by atoms with Crippen LogP contribution in [0.3, 0.4) is 0 Å². The van der Waals surface area contributed by atoms with E-state index in [1.54, 1.807) is 16.4 Å². The molecule has 2 rings (SSSR count). The molecule has 0 amide bonds. The lowest BCUT2D eigenvalue weighted by Gasteiger charge is -2.41. The van der Waals surface area contributed by atoms with Gasteiger partial charge in [0.05, 0.1) is 4.90 Å². The molecule has 1 aliphatic rings. The molecule has 1 unspecified atom stereocenters. The van der Waals surface area contributed by atoms with Gasteiger partial charge in [-0.15, -0.1) is 24.2 Å². The SMILES string of the molecule is CSc1ccccc1S(=O)(=O)N1CCC(N)C(C)(C)C1.Cl. The van der Waals surface area contributed by atoms with Crippen molar-refractivity contribution in [2.24, 2.45) is 11.1 Å². The Hall–Kier alpha value is -0.270. The minimum Gasteiger partial charge on any atom is -0.327 e. The molecule has 0 bridgehead atoms. The van der Waals surface area contributed by atoms with Gasteiger partial charge in [-0.25, -0.2) is 8.42 Å². The molecule has 2 N–H and O–H groups in total. The average molecular weight is 351 g/mol. The molecule has 21 heavy (non-hydrogen) atoms. The first-order chi connectivity index (χ1) is 9.29. The number of rotatable bonds is 3. The number of sulfonamides is 1. The molecule has 4 nitrogen and oxygen atoms in total. The van der Waals surface area contributed by atoms with Crippen molar-refractivity contribution in [3.63, 3.8) is 0 Å². The third-order valence-corrected chi connectivity index (χ3v) is 6.79. The molecule has 1 saturated heterocycles. The summed E-state index contributed by atoms with van der Waals surface area (Å²) < 4.78 is 27.2. The van der Waals surface area contributed by atoms with E-state index in [1.807, 2.05) is 32.2 Å². The monoisotopic (exact) mass is 350 g/mol. The van der Waals surface area contributed by atoms with E-state index in [9.17, 15) is 8.42 Å². The second-order valence-electron chi connectivity index (χ2n) is 5.87. The van der Waals surface area contributed by atoms with Gasteiger partial charge in [0.15, 0.2) is 0 Å². The number of thioether (sulfide) groups is 1. The van der Waals surface area contributed by atoms with Crippen molar-refractivity contribution in [2.45, 2.75) is 36.1 Å². The summed E-state index contributed by atoms with van der Waals surface area (Å²) in [7, 11) is -3.44. The minimum atomic E-state index is -3.44. The molecule has 120 valence electrons. The summed E-state index contributed by atoms with van der Waals surface area (Å²) >= 11 is 1.46. The first kappa shape index (κ1) is 18.8. The lowest BCUT2D eigenvalue weighted by atomic mass is 9.81. The number of piperidine rings is 1. The Kier molecular flexibility index (Phi) is 6.15. The molecular weight excluding hydrogens is 328 g/mol. The molecule has 7 heteroatoms. The highest BCUT2D eigenvalue weighted by Crippen LogP contribution is 2.33. The van der Waals surface area contributed by atoms with Gasteiger partial charge in [0.1, 0.15) is 0 Å². The van der Waals surface area contributed by atoms with E-state index in [1.165, 1.54) is 11.8 Å². The van der Waals surface area contributed by atoms with Crippen molar-refractivity contribution in [2.75, 3.05) is 19.3 Å². The van der Waals surface area contributed by atoms with Crippen LogP contribution in [-0.4, -0.2) is 38.1 Å². The molecular formula is C14H23ClN2O2S2. The first-order valence-electron chi connectivity index (χ1n) is 6.68. The van der Waals surface area contributed by atoms with Crippen molar-refractivity contribution in [3.8, 4) is 0 Å². The van der Waals surface area contributed by atoms with Crippen molar-refractivity contribution in [3.05, 3.63) is 24.3 Å². The van der Waals surface area contributed by atoms with Crippen LogP contribution in [0.2, 0.25) is 0 Å². The lowest BCUT2D eigenvalue weighted by Crippen LogP contribution is -2.53. The summed E-state index contributed by atoms with van der Waals surface area (Å²) in [6, 6.07) is 7.21. The quantitative estimate of drug-likeness (QED) is 0.851. The van der Waals surface area contributed by atoms with E-state index < -0.39 is 10.0 Å². The van der Waals surface area contributed by atoms with E-state index in [4.69, 9.17) is 5.73 Å². The van der Waals surface area contributed by atoms with Crippen molar-refractivity contribution < 1.29 is 8.42 Å². The Bertz CT molecular complexity index is 590. The van der Waals surface area contributed by atoms with Gasteiger partial charge in [0.2, 0.25) is 10.0 Å². The van der Waals surface area contributed by atoms with Gasteiger partial charge in [-0.3, -0.25) is 0 Å².